The highest BCUT2D eigenvalue weighted by molar-refractivity contribution is 6.04. The number of hydrogen-bond donors (Lipinski definition) is 2. The second-order valence-electron chi connectivity index (χ2n) is 8.54. The molecule has 3 aromatic rings. The van der Waals surface area contributed by atoms with Crippen LogP contribution < -0.4 is 5.32 Å². The van der Waals surface area contributed by atoms with Crippen molar-refractivity contribution in [3.8, 4) is 0 Å². The van der Waals surface area contributed by atoms with Crippen molar-refractivity contribution in [3.05, 3.63) is 59.9 Å². The monoisotopic (exact) mass is 405 g/mol. The molecule has 5 rings (SSSR count). The van der Waals surface area contributed by atoms with Crippen molar-refractivity contribution in [3.63, 3.8) is 0 Å². The van der Waals surface area contributed by atoms with Gasteiger partial charge in [0.2, 0.25) is 0 Å². The molecule has 0 saturated carbocycles. The fraction of sp³-hybridized carbons (Fsp3) is 0.435. The number of rotatable bonds is 3. The summed E-state index contributed by atoms with van der Waals surface area (Å²) < 4.78 is 1.81. The maximum atomic E-state index is 13.5. The number of aliphatic hydroxyl groups excluding tert-OH is 1. The van der Waals surface area contributed by atoms with Crippen molar-refractivity contribution in [2.24, 2.45) is 5.41 Å². The Bertz CT molecular complexity index is 1050. The van der Waals surface area contributed by atoms with Crippen LogP contribution >= 0.6 is 0 Å². The van der Waals surface area contributed by atoms with E-state index in [1.165, 1.54) is 0 Å². The summed E-state index contributed by atoms with van der Waals surface area (Å²) in [5.74, 6) is -0.0725. The first-order valence-electron chi connectivity index (χ1n) is 10.7. The smallest absolute Gasteiger partial charge is 0.275 e. The van der Waals surface area contributed by atoms with Gasteiger partial charge in [-0.1, -0.05) is 30.3 Å². The van der Waals surface area contributed by atoms with Crippen molar-refractivity contribution in [1.29, 1.82) is 0 Å². The number of carbonyl (C=O) groups is 1. The van der Waals surface area contributed by atoms with Gasteiger partial charge in [0.15, 0.2) is 11.3 Å². The standard InChI is InChI=1S/C23H27N5O2/c29-19-9-12-24-15-23(19)10-5-13-27(16-23)22(30)20-18-8-4-11-25-21(18)28(26-20)14-17-6-2-1-3-7-17/h1-4,6-8,11,19,24,29H,5,9-10,12-16H2/t19-,23-/m0/s1. The number of hydrogen-bond acceptors (Lipinski definition) is 5. The van der Waals surface area contributed by atoms with Gasteiger partial charge in [0.05, 0.1) is 18.0 Å². The van der Waals surface area contributed by atoms with Gasteiger partial charge < -0.3 is 15.3 Å². The predicted molar refractivity (Wildman–Crippen MR) is 114 cm³/mol. The molecule has 1 aromatic carbocycles. The van der Waals surface area contributed by atoms with Crippen LogP contribution in [0.15, 0.2) is 48.7 Å². The zero-order valence-electron chi connectivity index (χ0n) is 17.0. The van der Waals surface area contributed by atoms with Crippen LogP contribution in [0.2, 0.25) is 0 Å². The van der Waals surface area contributed by atoms with E-state index in [1.54, 1.807) is 6.20 Å². The minimum Gasteiger partial charge on any atom is -0.392 e. The summed E-state index contributed by atoms with van der Waals surface area (Å²) >= 11 is 0. The van der Waals surface area contributed by atoms with Crippen LogP contribution in [0.3, 0.4) is 0 Å². The average molecular weight is 406 g/mol. The summed E-state index contributed by atoms with van der Waals surface area (Å²) in [6.07, 6.45) is 3.94. The lowest BCUT2D eigenvalue weighted by molar-refractivity contribution is -0.0433. The minimum atomic E-state index is -0.372. The number of aliphatic hydroxyl groups is 1. The number of piperidine rings is 2. The third-order valence-electron chi connectivity index (χ3n) is 6.56. The van der Waals surface area contributed by atoms with Gasteiger partial charge in [0, 0.05) is 31.2 Å². The molecule has 0 aliphatic carbocycles. The molecule has 2 aromatic heterocycles. The number of fused-ring (bicyclic) bond motifs is 1. The molecule has 4 heterocycles. The first kappa shape index (κ1) is 19.2. The van der Waals surface area contributed by atoms with Gasteiger partial charge in [-0.05, 0) is 43.5 Å². The maximum absolute atomic E-state index is 13.5. The van der Waals surface area contributed by atoms with E-state index in [1.807, 2.05) is 52.0 Å². The third kappa shape index (κ3) is 3.38. The topological polar surface area (TPSA) is 83.3 Å². The van der Waals surface area contributed by atoms with Gasteiger partial charge in [-0.15, -0.1) is 0 Å². The van der Waals surface area contributed by atoms with E-state index < -0.39 is 0 Å². The first-order chi connectivity index (χ1) is 14.7. The van der Waals surface area contributed by atoms with Crippen molar-refractivity contribution < 1.29 is 9.90 Å². The number of nitrogens with one attached hydrogen (secondary N) is 1. The second-order valence-corrected chi connectivity index (χ2v) is 8.54. The van der Waals surface area contributed by atoms with Crippen LogP contribution in [0.4, 0.5) is 0 Å². The molecule has 0 unspecified atom stereocenters. The number of pyridine rings is 1. The maximum Gasteiger partial charge on any atom is 0.275 e. The normalized spacial score (nSPS) is 24.4. The molecule has 7 heteroatoms. The molecule has 0 bridgehead atoms. The summed E-state index contributed by atoms with van der Waals surface area (Å²) in [6, 6.07) is 13.8. The Balaban J connectivity index is 1.46. The highest BCUT2D eigenvalue weighted by Gasteiger charge is 2.44. The second kappa shape index (κ2) is 7.81. The lowest BCUT2D eigenvalue weighted by atomic mass is 9.72. The van der Waals surface area contributed by atoms with Crippen LogP contribution in [0.5, 0.6) is 0 Å². The number of amides is 1. The molecule has 2 aliphatic heterocycles. The quantitative estimate of drug-likeness (QED) is 0.697. The molecular formula is C23H27N5O2. The highest BCUT2D eigenvalue weighted by atomic mass is 16.3. The Labute approximate surface area is 175 Å². The average Bonchev–Trinajstić information content (AvgIpc) is 3.15. The van der Waals surface area contributed by atoms with Gasteiger partial charge in [-0.3, -0.25) is 4.79 Å². The van der Waals surface area contributed by atoms with Crippen LogP contribution in [0, 0.1) is 5.41 Å². The number of aromatic nitrogens is 3. The van der Waals surface area contributed by atoms with E-state index in [0.717, 1.165) is 48.9 Å². The van der Waals surface area contributed by atoms with Crippen molar-refractivity contribution >= 4 is 16.9 Å². The molecule has 0 radical (unpaired) electrons. The number of carbonyl (C=O) groups excluding carboxylic acids is 1. The van der Waals surface area contributed by atoms with E-state index in [2.05, 4.69) is 10.3 Å². The summed E-state index contributed by atoms with van der Waals surface area (Å²) in [5, 5.41) is 19.6. The SMILES string of the molecule is O=C(c1nn(Cc2ccccc2)c2ncccc12)N1CCC[C@]2(CNCC[C@@H]2O)C1. The molecule has 30 heavy (non-hydrogen) atoms. The van der Waals surface area contributed by atoms with Gasteiger partial charge in [-0.25, -0.2) is 9.67 Å². The summed E-state index contributed by atoms with van der Waals surface area (Å²) in [5.41, 5.74) is 2.02. The van der Waals surface area contributed by atoms with E-state index in [-0.39, 0.29) is 17.4 Å². The van der Waals surface area contributed by atoms with E-state index >= 15 is 0 Å². The van der Waals surface area contributed by atoms with E-state index in [9.17, 15) is 9.90 Å². The first-order valence-corrected chi connectivity index (χ1v) is 10.7. The summed E-state index contributed by atoms with van der Waals surface area (Å²) in [7, 11) is 0. The molecule has 7 nitrogen and oxygen atoms in total. The summed E-state index contributed by atoms with van der Waals surface area (Å²) in [6.45, 7) is 3.40. The molecule has 2 fully saturated rings. The predicted octanol–water partition coefficient (Wildman–Crippen LogP) is 2.06. The molecule has 1 spiro atoms. The van der Waals surface area contributed by atoms with Crippen LogP contribution in [-0.4, -0.2) is 63.0 Å². The van der Waals surface area contributed by atoms with Crippen LogP contribution in [0.1, 0.15) is 35.3 Å². The van der Waals surface area contributed by atoms with Crippen molar-refractivity contribution in [1.82, 2.24) is 25.0 Å². The van der Waals surface area contributed by atoms with Gasteiger partial charge in [0.1, 0.15) is 0 Å². The number of likely N-dealkylation sites (tertiary alicyclic amines) is 1. The van der Waals surface area contributed by atoms with E-state index in [4.69, 9.17) is 5.10 Å². The Kier molecular flexibility index (Phi) is 5.00. The molecular weight excluding hydrogens is 378 g/mol. The molecule has 156 valence electrons. The largest absolute Gasteiger partial charge is 0.392 e. The molecule has 2 saturated heterocycles. The van der Waals surface area contributed by atoms with Gasteiger partial charge in [0.25, 0.3) is 5.91 Å². The lowest BCUT2D eigenvalue weighted by Gasteiger charge is -2.48. The number of nitrogens with zero attached hydrogens (tertiary/aromatic N) is 4. The van der Waals surface area contributed by atoms with Gasteiger partial charge in [-0.2, -0.15) is 5.10 Å². The third-order valence-corrected chi connectivity index (χ3v) is 6.56. The van der Waals surface area contributed by atoms with Crippen LogP contribution in [0.25, 0.3) is 11.0 Å². The Morgan fingerprint density at radius 2 is 2.10 bits per heavy atom. The van der Waals surface area contributed by atoms with Gasteiger partial charge >= 0.3 is 0 Å². The van der Waals surface area contributed by atoms with Crippen molar-refractivity contribution in [2.75, 3.05) is 26.2 Å². The Morgan fingerprint density at radius 1 is 1.23 bits per heavy atom. The molecule has 2 atom stereocenters. The Hall–Kier alpha value is -2.77. The lowest BCUT2D eigenvalue weighted by Crippen LogP contribution is -2.58. The zero-order chi connectivity index (χ0) is 20.6. The zero-order valence-corrected chi connectivity index (χ0v) is 17.0. The van der Waals surface area contributed by atoms with Crippen LogP contribution in [-0.2, 0) is 6.54 Å². The molecule has 1 amide bonds. The molecule has 2 N–H and O–H groups in total. The van der Waals surface area contributed by atoms with Crippen molar-refractivity contribution in [2.45, 2.75) is 31.9 Å². The highest BCUT2D eigenvalue weighted by Crippen LogP contribution is 2.37. The fourth-order valence-corrected chi connectivity index (χ4v) is 4.93. The fourth-order valence-electron chi connectivity index (χ4n) is 4.93. The minimum absolute atomic E-state index is 0.0725. The van der Waals surface area contributed by atoms with E-state index in [0.29, 0.717) is 25.3 Å². The molecule has 2 aliphatic rings. The summed E-state index contributed by atoms with van der Waals surface area (Å²) in [4.78, 5) is 19.9. The number of benzene rings is 1. The Morgan fingerprint density at radius 3 is 2.93 bits per heavy atom.